The maximum Gasteiger partial charge on any atom is 0.252 e. The molecule has 6 heteroatoms. The molecule has 1 aromatic carbocycles. The largest absolute Gasteiger partial charge is 0.472 e. The fourth-order valence-electron chi connectivity index (χ4n) is 2.25. The third-order valence-corrected chi connectivity index (χ3v) is 3.56. The molecule has 0 spiro atoms. The highest BCUT2D eigenvalue weighted by Crippen LogP contribution is 2.42. The first-order valence-electron chi connectivity index (χ1n) is 6.34. The molecular formula is C14H13ClN2O3. The number of hydrogen-bond donors (Lipinski definition) is 1. The van der Waals surface area contributed by atoms with Gasteiger partial charge in [0.15, 0.2) is 0 Å². The Bertz CT molecular complexity index is 650. The first-order valence-corrected chi connectivity index (χ1v) is 6.72. The van der Waals surface area contributed by atoms with Crippen LogP contribution in [0.4, 0.5) is 0 Å². The van der Waals surface area contributed by atoms with E-state index in [1.165, 1.54) is 6.20 Å². The SMILES string of the molecule is O=C(Cl)c1cccc(C2CC2)c1COc1ccn(O)n1. The molecule has 1 aliphatic rings. The van der Waals surface area contributed by atoms with Gasteiger partial charge in [0.2, 0.25) is 5.88 Å². The molecule has 1 aliphatic carbocycles. The van der Waals surface area contributed by atoms with Crippen molar-refractivity contribution in [2.24, 2.45) is 0 Å². The Kier molecular flexibility index (Phi) is 3.36. The van der Waals surface area contributed by atoms with Crippen molar-refractivity contribution in [2.45, 2.75) is 25.4 Å². The van der Waals surface area contributed by atoms with Gasteiger partial charge >= 0.3 is 0 Å². The molecular weight excluding hydrogens is 280 g/mol. The molecule has 0 saturated heterocycles. The van der Waals surface area contributed by atoms with E-state index in [4.69, 9.17) is 21.5 Å². The normalized spacial score (nSPS) is 14.2. The molecule has 5 nitrogen and oxygen atoms in total. The van der Waals surface area contributed by atoms with E-state index in [0.717, 1.165) is 24.0 Å². The molecule has 1 aromatic heterocycles. The van der Waals surface area contributed by atoms with Crippen LogP contribution in [0, 0.1) is 0 Å². The quantitative estimate of drug-likeness (QED) is 0.680. The number of hydrogen-bond acceptors (Lipinski definition) is 4. The lowest BCUT2D eigenvalue weighted by Gasteiger charge is -2.12. The smallest absolute Gasteiger partial charge is 0.252 e. The molecule has 0 radical (unpaired) electrons. The topological polar surface area (TPSA) is 64.3 Å². The molecule has 0 amide bonds. The second-order valence-corrected chi connectivity index (χ2v) is 5.13. The van der Waals surface area contributed by atoms with Crippen molar-refractivity contribution in [3.63, 3.8) is 0 Å². The van der Waals surface area contributed by atoms with E-state index >= 15 is 0 Å². The predicted octanol–water partition coefficient (Wildman–Crippen LogP) is 2.96. The molecule has 0 aliphatic heterocycles. The Morgan fingerprint density at radius 1 is 1.45 bits per heavy atom. The van der Waals surface area contributed by atoms with Crippen LogP contribution in [0.1, 0.15) is 40.2 Å². The van der Waals surface area contributed by atoms with Gasteiger partial charge in [0.1, 0.15) is 6.61 Å². The van der Waals surface area contributed by atoms with Crippen molar-refractivity contribution in [3.05, 3.63) is 47.2 Å². The Morgan fingerprint density at radius 2 is 2.25 bits per heavy atom. The Morgan fingerprint density at radius 3 is 2.85 bits per heavy atom. The van der Waals surface area contributed by atoms with Gasteiger partial charge in [-0.15, -0.1) is 4.85 Å². The second-order valence-electron chi connectivity index (χ2n) is 4.78. The number of carbonyl (C=O) groups is 1. The average Bonchev–Trinajstić information content (AvgIpc) is 3.19. The molecule has 1 fully saturated rings. The number of aromatic nitrogens is 2. The maximum absolute atomic E-state index is 11.5. The summed E-state index contributed by atoms with van der Waals surface area (Å²) in [6.45, 7) is 0.206. The number of benzene rings is 1. The van der Waals surface area contributed by atoms with E-state index < -0.39 is 5.24 Å². The fourth-order valence-corrected chi connectivity index (χ4v) is 2.42. The minimum Gasteiger partial charge on any atom is -0.472 e. The number of halogens is 1. The summed E-state index contributed by atoms with van der Waals surface area (Å²) in [7, 11) is 0. The van der Waals surface area contributed by atoms with Crippen LogP contribution in [-0.2, 0) is 6.61 Å². The first kappa shape index (κ1) is 13.0. The lowest BCUT2D eigenvalue weighted by atomic mass is 9.99. The van der Waals surface area contributed by atoms with Crippen molar-refractivity contribution in [2.75, 3.05) is 0 Å². The maximum atomic E-state index is 11.5. The van der Waals surface area contributed by atoms with E-state index in [0.29, 0.717) is 22.2 Å². The highest BCUT2D eigenvalue weighted by Gasteiger charge is 2.28. The average molecular weight is 293 g/mol. The van der Waals surface area contributed by atoms with Crippen LogP contribution in [0.25, 0.3) is 0 Å². The lowest BCUT2D eigenvalue weighted by Crippen LogP contribution is -2.06. The number of ether oxygens (including phenoxy) is 1. The van der Waals surface area contributed by atoms with E-state index in [1.54, 1.807) is 12.1 Å². The highest BCUT2D eigenvalue weighted by atomic mass is 35.5. The fraction of sp³-hybridized carbons (Fsp3) is 0.286. The summed E-state index contributed by atoms with van der Waals surface area (Å²) >= 11 is 5.64. The van der Waals surface area contributed by atoms with Crippen LogP contribution in [0.2, 0.25) is 0 Å². The van der Waals surface area contributed by atoms with Crippen molar-refractivity contribution < 1.29 is 14.7 Å². The summed E-state index contributed by atoms with van der Waals surface area (Å²) in [5.74, 6) is 0.783. The van der Waals surface area contributed by atoms with Gasteiger partial charge in [0, 0.05) is 17.2 Å². The molecule has 3 rings (SSSR count). The molecule has 1 heterocycles. The minimum absolute atomic E-state index is 0.206. The summed E-state index contributed by atoms with van der Waals surface area (Å²) in [5.41, 5.74) is 2.39. The monoisotopic (exact) mass is 292 g/mol. The van der Waals surface area contributed by atoms with Gasteiger partial charge in [-0.25, -0.2) is 0 Å². The summed E-state index contributed by atoms with van der Waals surface area (Å²) in [4.78, 5) is 12.2. The minimum atomic E-state index is -0.487. The molecule has 104 valence electrons. The van der Waals surface area contributed by atoms with E-state index in [-0.39, 0.29) is 6.61 Å². The van der Waals surface area contributed by atoms with Crippen molar-refractivity contribution in [1.29, 1.82) is 0 Å². The summed E-state index contributed by atoms with van der Waals surface area (Å²) in [6.07, 6.45) is 3.62. The van der Waals surface area contributed by atoms with Gasteiger partial charge in [-0.3, -0.25) is 4.79 Å². The van der Waals surface area contributed by atoms with Gasteiger partial charge in [-0.1, -0.05) is 17.2 Å². The first-order chi connectivity index (χ1) is 9.65. The van der Waals surface area contributed by atoms with Crippen LogP contribution in [0.3, 0.4) is 0 Å². The van der Waals surface area contributed by atoms with Gasteiger partial charge in [-0.05, 0) is 42.0 Å². The van der Waals surface area contributed by atoms with Crippen molar-refractivity contribution in [1.82, 2.24) is 9.94 Å². The Balaban J connectivity index is 1.87. The van der Waals surface area contributed by atoms with E-state index in [2.05, 4.69) is 5.10 Å². The third-order valence-electron chi connectivity index (χ3n) is 3.36. The standard InChI is InChI=1S/C14H13ClN2O3/c15-14(18)11-3-1-2-10(9-4-5-9)12(11)8-20-13-6-7-17(19)16-13/h1-3,6-7,9,19H,4-5,8H2. The third kappa shape index (κ3) is 2.63. The Labute approximate surface area is 120 Å². The molecule has 1 saturated carbocycles. The molecule has 1 N–H and O–H groups in total. The van der Waals surface area contributed by atoms with E-state index in [1.807, 2.05) is 12.1 Å². The molecule has 0 atom stereocenters. The molecule has 0 unspecified atom stereocenters. The predicted molar refractivity (Wildman–Crippen MR) is 72.3 cm³/mol. The van der Waals surface area contributed by atoms with Crippen LogP contribution in [-0.4, -0.2) is 20.4 Å². The summed E-state index contributed by atoms with van der Waals surface area (Å²) in [6, 6.07) is 7.09. The lowest BCUT2D eigenvalue weighted by molar-refractivity contribution is 0.107. The summed E-state index contributed by atoms with van der Waals surface area (Å²) in [5, 5.41) is 12.3. The van der Waals surface area contributed by atoms with Crippen LogP contribution in [0.5, 0.6) is 5.88 Å². The Hall–Kier alpha value is -2.01. The zero-order valence-corrected chi connectivity index (χ0v) is 11.4. The van der Waals surface area contributed by atoms with Crippen LogP contribution in [0.15, 0.2) is 30.5 Å². The second kappa shape index (κ2) is 5.17. The number of carbonyl (C=O) groups excluding carboxylic acids is 1. The van der Waals surface area contributed by atoms with Gasteiger partial charge < -0.3 is 9.94 Å². The van der Waals surface area contributed by atoms with Gasteiger partial charge in [0.05, 0.1) is 6.20 Å². The highest BCUT2D eigenvalue weighted by molar-refractivity contribution is 6.67. The molecule has 0 bridgehead atoms. The van der Waals surface area contributed by atoms with E-state index in [9.17, 15) is 4.79 Å². The van der Waals surface area contributed by atoms with Crippen LogP contribution >= 0.6 is 11.6 Å². The zero-order chi connectivity index (χ0) is 14.1. The summed E-state index contributed by atoms with van der Waals surface area (Å²) < 4.78 is 5.52. The zero-order valence-electron chi connectivity index (χ0n) is 10.6. The molecule has 20 heavy (non-hydrogen) atoms. The number of nitrogens with zero attached hydrogens (tertiary/aromatic N) is 2. The van der Waals surface area contributed by atoms with Gasteiger partial charge in [0.25, 0.3) is 5.24 Å². The van der Waals surface area contributed by atoms with Crippen molar-refractivity contribution in [3.8, 4) is 5.88 Å². The van der Waals surface area contributed by atoms with Crippen molar-refractivity contribution >= 4 is 16.8 Å². The number of rotatable bonds is 5. The molecule has 2 aromatic rings. The van der Waals surface area contributed by atoms with Gasteiger partial charge in [-0.2, -0.15) is 0 Å². The van der Waals surface area contributed by atoms with Crippen LogP contribution < -0.4 is 4.74 Å².